The lowest BCUT2D eigenvalue weighted by Gasteiger charge is -2.09. The van der Waals surface area contributed by atoms with E-state index in [9.17, 15) is 9.18 Å². The molecule has 2 aromatic rings. The van der Waals surface area contributed by atoms with E-state index in [1.165, 1.54) is 12.3 Å². The Balaban J connectivity index is 2.28. The number of pyridine rings is 1. The van der Waals surface area contributed by atoms with Gasteiger partial charge in [-0.2, -0.15) is 0 Å². The van der Waals surface area contributed by atoms with Crippen LogP contribution in [0.4, 0.5) is 10.1 Å². The van der Waals surface area contributed by atoms with Gasteiger partial charge >= 0.3 is 0 Å². The van der Waals surface area contributed by atoms with Crippen molar-refractivity contribution in [2.75, 3.05) is 5.32 Å². The lowest BCUT2D eigenvalue weighted by atomic mass is 10.1. The second-order valence-corrected chi connectivity index (χ2v) is 4.58. The molecule has 0 unspecified atom stereocenters. The molecule has 0 radical (unpaired) electrons. The van der Waals surface area contributed by atoms with E-state index in [1.54, 1.807) is 12.1 Å². The summed E-state index contributed by atoms with van der Waals surface area (Å²) in [5.74, 6) is -0.905. The van der Waals surface area contributed by atoms with E-state index in [-0.39, 0.29) is 11.6 Å². The van der Waals surface area contributed by atoms with E-state index in [1.807, 2.05) is 13.0 Å². The molecule has 3 nitrogen and oxygen atoms in total. The molecule has 0 saturated carbocycles. The molecule has 0 aliphatic heterocycles. The third-order valence-electron chi connectivity index (χ3n) is 2.53. The maximum atomic E-state index is 13.4. The van der Waals surface area contributed by atoms with Crippen LogP contribution in [0.1, 0.15) is 15.9 Å². The van der Waals surface area contributed by atoms with Crippen LogP contribution in [0, 0.1) is 12.7 Å². The van der Waals surface area contributed by atoms with Crippen molar-refractivity contribution in [1.82, 2.24) is 4.98 Å². The van der Waals surface area contributed by atoms with E-state index < -0.39 is 5.82 Å². The number of amides is 1. The highest BCUT2D eigenvalue weighted by molar-refractivity contribution is 9.10. The molecule has 0 fully saturated rings. The summed E-state index contributed by atoms with van der Waals surface area (Å²) in [6, 6.07) is 6.71. The maximum Gasteiger partial charge on any atom is 0.256 e. The van der Waals surface area contributed by atoms with Crippen molar-refractivity contribution in [3.05, 3.63) is 58.1 Å². The van der Waals surface area contributed by atoms with Gasteiger partial charge in [0.05, 0.1) is 11.9 Å². The number of halogens is 2. The minimum Gasteiger partial charge on any atom is -0.319 e. The van der Waals surface area contributed by atoms with Crippen LogP contribution in [0.5, 0.6) is 0 Å². The summed E-state index contributed by atoms with van der Waals surface area (Å²) in [5, 5.41) is 2.52. The Morgan fingerprint density at radius 2 is 2.17 bits per heavy atom. The number of aromatic nitrogens is 1. The molecule has 0 bridgehead atoms. The van der Waals surface area contributed by atoms with Gasteiger partial charge in [0.2, 0.25) is 0 Å². The number of hydrogen-bond donors (Lipinski definition) is 1. The van der Waals surface area contributed by atoms with Crippen molar-refractivity contribution in [1.29, 1.82) is 0 Å². The molecule has 2 rings (SSSR count). The Kier molecular flexibility index (Phi) is 3.72. The topological polar surface area (TPSA) is 42.0 Å². The van der Waals surface area contributed by atoms with Gasteiger partial charge in [0.15, 0.2) is 5.82 Å². The zero-order valence-electron chi connectivity index (χ0n) is 9.58. The van der Waals surface area contributed by atoms with Crippen LogP contribution in [-0.4, -0.2) is 10.9 Å². The summed E-state index contributed by atoms with van der Waals surface area (Å²) in [4.78, 5) is 15.6. The first-order chi connectivity index (χ1) is 8.59. The number of nitrogens with one attached hydrogen (secondary N) is 1. The molecule has 0 aliphatic carbocycles. The van der Waals surface area contributed by atoms with Crippen LogP contribution in [0.2, 0.25) is 0 Å². The van der Waals surface area contributed by atoms with Crippen LogP contribution in [-0.2, 0) is 0 Å². The molecular weight excluding hydrogens is 299 g/mol. The fourth-order valence-electron chi connectivity index (χ4n) is 1.52. The number of rotatable bonds is 2. The predicted octanol–water partition coefficient (Wildman–Crippen LogP) is 3.54. The Morgan fingerprint density at radius 1 is 1.39 bits per heavy atom. The van der Waals surface area contributed by atoms with Crippen LogP contribution in [0.15, 0.2) is 41.1 Å². The molecule has 0 aliphatic rings. The molecule has 92 valence electrons. The summed E-state index contributed by atoms with van der Waals surface area (Å²) >= 11 is 3.35. The zero-order valence-corrected chi connectivity index (χ0v) is 11.2. The SMILES string of the molecule is Cc1c(Br)cccc1C(=O)Nc1ccncc1F. The number of nitrogens with zero attached hydrogens (tertiary/aromatic N) is 1. The quantitative estimate of drug-likeness (QED) is 0.922. The highest BCUT2D eigenvalue weighted by Gasteiger charge is 2.12. The first-order valence-corrected chi connectivity index (χ1v) is 6.05. The highest BCUT2D eigenvalue weighted by Crippen LogP contribution is 2.21. The summed E-state index contributed by atoms with van der Waals surface area (Å²) in [7, 11) is 0. The summed E-state index contributed by atoms with van der Waals surface area (Å²) in [5.41, 5.74) is 1.43. The van der Waals surface area contributed by atoms with Gasteiger partial charge in [0.25, 0.3) is 5.91 Å². The number of carbonyl (C=O) groups excluding carboxylic acids is 1. The van der Waals surface area contributed by atoms with E-state index >= 15 is 0 Å². The van der Waals surface area contributed by atoms with Crippen molar-refractivity contribution >= 4 is 27.5 Å². The molecule has 1 amide bonds. The Bertz CT molecular complexity index is 601. The van der Waals surface area contributed by atoms with Crippen LogP contribution in [0.25, 0.3) is 0 Å². The fraction of sp³-hybridized carbons (Fsp3) is 0.0769. The summed E-state index contributed by atoms with van der Waals surface area (Å²) < 4.78 is 14.2. The molecule has 5 heteroatoms. The van der Waals surface area contributed by atoms with Crippen molar-refractivity contribution in [3.63, 3.8) is 0 Å². The molecule has 18 heavy (non-hydrogen) atoms. The molecule has 1 N–H and O–H groups in total. The molecule has 0 saturated heterocycles. The van der Waals surface area contributed by atoms with Gasteiger partial charge in [-0.3, -0.25) is 9.78 Å². The normalized spacial score (nSPS) is 10.2. The fourth-order valence-corrected chi connectivity index (χ4v) is 1.89. The van der Waals surface area contributed by atoms with E-state index in [0.29, 0.717) is 5.56 Å². The third-order valence-corrected chi connectivity index (χ3v) is 3.39. The second kappa shape index (κ2) is 5.27. The molecule has 1 aromatic heterocycles. The highest BCUT2D eigenvalue weighted by atomic mass is 79.9. The molecular formula is C13H10BrFN2O. The third kappa shape index (κ3) is 2.56. The van der Waals surface area contributed by atoms with E-state index in [0.717, 1.165) is 16.2 Å². The predicted molar refractivity (Wildman–Crippen MR) is 71.0 cm³/mol. The maximum absolute atomic E-state index is 13.4. The monoisotopic (exact) mass is 308 g/mol. The molecule has 1 heterocycles. The van der Waals surface area contributed by atoms with Gasteiger partial charge in [0, 0.05) is 16.2 Å². The standard InChI is InChI=1S/C13H10BrFN2O/c1-8-9(3-2-4-10(8)14)13(18)17-12-5-6-16-7-11(12)15/h2-7H,1H3,(H,16,17,18). The average Bonchev–Trinajstić information content (AvgIpc) is 2.35. The Hall–Kier alpha value is -1.75. The van der Waals surface area contributed by atoms with Gasteiger partial charge in [-0.05, 0) is 30.7 Å². The van der Waals surface area contributed by atoms with Crippen LogP contribution >= 0.6 is 15.9 Å². The lowest BCUT2D eigenvalue weighted by molar-refractivity contribution is 0.102. The summed E-state index contributed by atoms with van der Waals surface area (Å²) in [6.07, 6.45) is 2.48. The Labute approximate surface area is 112 Å². The van der Waals surface area contributed by atoms with Crippen molar-refractivity contribution < 1.29 is 9.18 Å². The van der Waals surface area contributed by atoms with Gasteiger partial charge in [0.1, 0.15) is 0 Å². The number of hydrogen-bond acceptors (Lipinski definition) is 2. The number of carbonyl (C=O) groups is 1. The van der Waals surface area contributed by atoms with E-state index in [2.05, 4.69) is 26.2 Å². The van der Waals surface area contributed by atoms with Crippen LogP contribution in [0.3, 0.4) is 0 Å². The van der Waals surface area contributed by atoms with Gasteiger partial charge < -0.3 is 5.32 Å². The molecule has 0 atom stereocenters. The van der Waals surface area contributed by atoms with Crippen LogP contribution < -0.4 is 5.32 Å². The van der Waals surface area contributed by atoms with Gasteiger partial charge in [-0.1, -0.05) is 22.0 Å². The molecule has 0 spiro atoms. The first-order valence-electron chi connectivity index (χ1n) is 5.25. The minimum atomic E-state index is -0.557. The second-order valence-electron chi connectivity index (χ2n) is 3.72. The largest absolute Gasteiger partial charge is 0.319 e. The Morgan fingerprint density at radius 3 is 2.89 bits per heavy atom. The molecule has 1 aromatic carbocycles. The van der Waals surface area contributed by atoms with E-state index in [4.69, 9.17) is 0 Å². The lowest BCUT2D eigenvalue weighted by Crippen LogP contribution is -2.14. The number of benzene rings is 1. The van der Waals surface area contributed by atoms with Crippen molar-refractivity contribution in [2.24, 2.45) is 0 Å². The van der Waals surface area contributed by atoms with Gasteiger partial charge in [-0.25, -0.2) is 4.39 Å². The first kappa shape index (κ1) is 12.7. The summed E-state index contributed by atoms with van der Waals surface area (Å²) in [6.45, 7) is 1.82. The minimum absolute atomic E-state index is 0.120. The smallest absolute Gasteiger partial charge is 0.256 e. The zero-order chi connectivity index (χ0) is 13.1. The van der Waals surface area contributed by atoms with Crippen molar-refractivity contribution in [2.45, 2.75) is 6.92 Å². The van der Waals surface area contributed by atoms with Crippen molar-refractivity contribution in [3.8, 4) is 0 Å². The number of anilines is 1. The average molecular weight is 309 g/mol. The van der Waals surface area contributed by atoms with Gasteiger partial charge in [-0.15, -0.1) is 0 Å².